The zero-order valence-electron chi connectivity index (χ0n) is 16.1. The standard InChI is InChI=1S/C24H22O2S/c1-13(2)21-19-11-14(3)5-7-17(19)18-8-6-16(12-20(18)21)24-23-22(15(4)27-24)25-9-10-26-23/h5-8,11-12H,9-10H2,1-4H3. The minimum atomic E-state index is 0.616. The van der Waals surface area contributed by atoms with E-state index in [1.807, 2.05) is 0 Å². The molecular formula is C24H22O2S. The topological polar surface area (TPSA) is 18.5 Å². The van der Waals surface area contributed by atoms with Crippen LogP contribution in [0, 0.1) is 13.8 Å². The highest BCUT2D eigenvalue weighted by molar-refractivity contribution is 7.16. The van der Waals surface area contributed by atoms with Crippen molar-refractivity contribution in [3.05, 3.63) is 63.5 Å². The summed E-state index contributed by atoms with van der Waals surface area (Å²) < 4.78 is 11.8. The molecule has 3 heteroatoms. The van der Waals surface area contributed by atoms with E-state index in [2.05, 4.69) is 64.1 Å². The third-order valence-corrected chi connectivity index (χ3v) is 6.47. The van der Waals surface area contributed by atoms with Crippen molar-refractivity contribution in [2.24, 2.45) is 0 Å². The van der Waals surface area contributed by atoms with Crippen LogP contribution in [0.25, 0.3) is 27.1 Å². The number of ether oxygens (including phenoxy) is 2. The van der Waals surface area contributed by atoms with Crippen molar-refractivity contribution < 1.29 is 9.47 Å². The van der Waals surface area contributed by atoms with Crippen molar-refractivity contribution in [1.29, 1.82) is 0 Å². The highest BCUT2D eigenvalue weighted by Crippen LogP contribution is 2.52. The Hall–Kier alpha value is -2.52. The van der Waals surface area contributed by atoms with E-state index in [0.717, 1.165) is 11.5 Å². The Bertz CT molecular complexity index is 1110. The van der Waals surface area contributed by atoms with Crippen LogP contribution < -0.4 is 9.47 Å². The number of hydrogen-bond donors (Lipinski definition) is 0. The molecule has 2 aliphatic rings. The van der Waals surface area contributed by atoms with Gasteiger partial charge in [-0.15, -0.1) is 11.3 Å². The molecule has 27 heavy (non-hydrogen) atoms. The average Bonchev–Trinajstić information content (AvgIpc) is 3.16. The van der Waals surface area contributed by atoms with Crippen LogP contribution in [-0.2, 0) is 0 Å². The van der Waals surface area contributed by atoms with Gasteiger partial charge in [-0.2, -0.15) is 0 Å². The van der Waals surface area contributed by atoms with E-state index < -0.39 is 0 Å². The lowest BCUT2D eigenvalue weighted by Gasteiger charge is -2.17. The largest absolute Gasteiger partial charge is 0.485 e. The van der Waals surface area contributed by atoms with Crippen molar-refractivity contribution in [3.8, 4) is 33.1 Å². The third kappa shape index (κ3) is 2.45. The summed E-state index contributed by atoms with van der Waals surface area (Å²) in [5.74, 6) is 1.83. The maximum absolute atomic E-state index is 5.97. The van der Waals surface area contributed by atoms with Gasteiger partial charge in [0.25, 0.3) is 0 Å². The molecule has 0 fully saturated rings. The Labute approximate surface area is 164 Å². The molecule has 0 bridgehead atoms. The first-order valence-electron chi connectivity index (χ1n) is 9.37. The fourth-order valence-electron chi connectivity index (χ4n) is 4.20. The molecule has 2 aromatic carbocycles. The minimum Gasteiger partial charge on any atom is -0.485 e. The van der Waals surface area contributed by atoms with Gasteiger partial charge in [0.05, 0.1) is 4.88 Å². The van der Waals surface area contributed by atoms with Crippen molar-refractivity contribution in [2.75, 3.05) is 13.2 Å². The lowest BCUT2D eigenvalue weighted by molar-refractivity contribution is 0.173. The molecule has 0 amide bonds. The molecule has 1 aliphatic heterocycles. The Kier molecular flexibility index (Phi) is 3.70. The van der Waals surface area contributed by atoms with Gasteiger partial charge in [-0.05, 0) is 67.2 Å². The van der Waals surface area contributed by atoms with E-state index in [0.29, 0.717) is 13.2 Å². The molecular weight excluding hydrogens is 352 g/mol. The predicted molar refractivity (Wildman–Crippen MR) is 113 cm³/mol. The molecule has 5 rings (SSSR count). The molecule has 1 aliphatic carbocycles. The lowest BCUT2D eigenvalue weighted by atomic mass is 9.97. The highest BCUT2D eigenvalue weighted by atomic mass is 32.1. The zero-order chi connectivity index (χ0) is 18.7. The van der Waals surface area contributed by atoms with Gasteiger partial charge in [-0.25, -0.2) is 0 Å². The van der Waals surface area contributed by atoms with E-state index in [1.165, 1.54) is 54.3 Å². The fraction of sp³-hybridized carbons (Fsp3) is 0.250. The number of rotatable bonds is 1. The fourth-order valence-corrected chi connectivity index (χ4v) is 5.23. The van der Waals surface area contributed by atoms with E-state index in [9.17, 15) is 0 Å². The van der Waals surface area contributed by atoms with Crippen molar-refractivity contribution >= 4 is 16.9 Å². The maximum Gasteiger partial charge on any atom is 0.180 e. The molecule has 2 nitrogen and oxygen atoms in total. The van der Waals surface area contributed by atoms with Gasteiger partial charge >= 0.3 is 0 Å². The smallest absolute Gasteiger partial charge is 0.180 e. The van der Waals surface area contributed by atoms with Crippen LogP contribution in [0.3, 0.4) is 0 Å². The molecule has 0 N–H and O–H groups in total. The van der Waals surface area contributed by atoms with Crippen LogP contribution in [0.1, 0.15) is 35.4 Å². The van der Waals surface area contributed by atoms with Gasteiger partial charge in [-0.3, -0.25) is 0 Å². The van der Waals surface area contributed by atoms with Crippen LogP contribution in [0.5, 0.6) is 11.5 Å². The normalized spacial score (nSPS) is 14.1. The second kappa shape index (κ2) is 6.00. The summed E-state index contributed by atoms with van der Waals surface area (Å²) in [7, 11) is 0. The Balaban J connectivity index is 1.72. The number of benzene rings is 2. The van der Waals surface area contributed by atoms with Gasteiger partial charge in [-0.1, -0.05) is 41.5 Å². The number of hydrogen-bond acceptors (Lipinski definition) is 3. The summed E-state index contributed by atoms with van der Waals surface area (Å²) in [5, 5.41) is 0. The number of aryl methyl sites for hydroxylation is 2. The first-order valence-corrected chi connectivity index (χ1v) is 10.2. The summed E-state index contributed by atoms with van der Waals surface area (Å²) in [4.78, 5) is 2.35. The van der Waals surface area contributed by atoms with Crippen LogP contribution in [0.4, 0.5) is 0 Å². The van der Waals surface area contributed by atoms with Crippen LogP contribution in [0.15, 0.2) is 42.0 Å². The molecule has 0 atom stereocenters. The van der Waals surface area contributed by atoms with E-state index >= 15 is 0 Å². The molecule has 136 valence electrons. The van der Waals surface area contributed by atoms with Crippen molar-refractivity contribution in [1.82, 2.24) is 0 Å². The summed E-state index contributed by atoms with van der Waals surface area (Å²) in [6.07, 6.45) is 0. The molecule has 0 spiro atoms. The maximum atomic E-state index is 5.97. The number of fused-ring (bicyclic) bond motifs is 4. The van der Waals surface area contributed by atoms with Crippen LogP contribution in [0.2, 0.25) is 0 Å². The summed E-state index contributed by atoms with van der Waals surface area (Å²) in [6.45, 7) is 9.93. The van der Waals surface area contributed by atoms with Crippen molar-refractivity contribution in [2.45, 2.75) is 27.7 Å². The van der Waals surface area contributed by atoms with E-state index in [1.54, 1.807) is 11.3 Å². The quantitative estimate of drug-likeness (QED) is 0.372. The highest BCUT2D eigenvalue weighted by Gasteiger charge is 2.27. The molecule has 0 unspecified atom stereocenters. The third-order valence-electron chi connectivity index (χ3n) is 5.35. The summed E-state index contributed by atoms with van der Waals surface area (Å²) in [5.41, 5.74) is 10.6. The summed E-state index contributed by atoms with van der Waals surface area (Å²) in [6, 6.07) is 13.6. The van der Waals surface area contributed by atoms with Crippen LogP contribution >= 0.6 is 11.3 Å². The average molecular weight is 375 g/mol. The SMILES string of the molecule is CC(C)=C1c2cc(C)ccc2-c2ccc(-c3sc(C)c4c3OCCO4)cc21. The Morgan fingerprint density at radius 1 is 0.815 bits per heavy atom. The molecule has 0 saturated carbocycles. The van der Waals surface area contributed by atoms with Gasteiger partial charge in [0.1, 0.15) is 13.2 Å². The van der Waals surface area contributed by atoms with Gasteiger partial charge in [0.2, 0.25) is 0 Å². The van der Waals surface area contributed by atoms with Crippen molar-refractivity contribution in [3.63, 3.8) is 0 Å². The molecule has 2 heterocycles. The summed E-state index contributed by atoms with van der Waals surface area (Å²) >= 11 is 1.76. The second-order valence-electron chi connectivity index (χ2n) is 7.53. The molecule has 1 aromatic heterocycles. The van der Waals surface area contributed by atoms with Gasteiger partial charge < -0.3 is 9.47 Å². The Morgan fingerprint density at radius 2 is 1.48 bits per heavy atom. The van der Waals surface area contributed by atoms with E-state index in [-0.39, 0.29) is 0 Å². The minimum absolute atomic E-state index is 0.616. The second-order valence-corrected chi connectivity index (χ2v) is 8.75. The Morgan fingerprint density at radius 3 is 2.22 bits per heavy atom. The monoisotopic (exact) mass is 374 g/mol. The predicted octanol–water partition coefficient (Wildman–Crippen LogP) is 6.63. The molecule has 0 saturated heterocycles. The first-order chi connectivity index (χ1) is 13.0. The zero-order valence-corrected chi connectivity index (χ0v) is 16.9. The van der Waals surface area contributed by atoms with Gasteiger partial charge in [0.15, 0.2) is 11.5 Å². The van der Waals surface area contributed by atoms with Crippen LogP contribution in [-0.4, -0.2) is 13.2 Å². The first kappa shape index (κ1) is 16.6. The number of thiophene rings is 1. The van der Waals surface area contributed by atoms with E-state index in [4.69, 9.17) is 9.47 Å². The van der Waals surface area contributed by atoms with Gasteiger partial charge in [0, 0.05) is 4.88 Å². The molecule has 0 radical (unpaired) electrons. The number of allylic oxidation sites excluding steroid dienone is 1. The molecule has 3 aromatic rings. The lowest BCUT2D eigenvalue weighted by Crippen LogP contribution is -2.14.